The van der Waals surface area contributed by atoms with Crippen LogP contribution in [0.4, 0.5) is 9.18 Å². The molecule has 2 rings (SSSR count). The van der Waals surface area contributed by atoms with Crippen molar-refractivity contribution < 1.29 is 13.9 Å². The van der Waals surface area contributed by atoms with Crippen molar-refractivity contribution in [3.8, 4) is 0 Å². The molecule has 1 aromatic rings. The van der Waals surface area contributed by atoms with Crippen molar-refractivity contribution in [2.45, 2.75) is 51.3 Å². The van der Waals surface area contributed by atoms with Crippen LogP contribution < -0.4 is 10.6 Å². The van der Waals surface area contributed by atoms with Gasteiger partial charge in [0.05, 0.1) is 0 Å². The number of carbonyl (C=O) groups excluding carboxylic acids is 1. The van der Waals surface area contributed by atoms with Crippen molar-refractivity contribution in [2.24, 2.45) is 0 Å². The van der Waals surface area contributed by atoms with Crippen LogP contribution in [0.15, 0.2) is 18.2 Å². The molecule has 0 aliphatic carbocycles. The summed E-state index contributed by atoms with van der Waals surface area (Å²) in [7, 11) is 0. The lowest BCUT2D eigenvalue weighted by Crippen LogP contribution is -2.45. The van der Waals surface area contributed by atoms with Crippen LogP contribution in [0.2, 0.25) is 5.02 Å². The third-order valence-corrected chi connectivity index (χ3v) is 3.63. The topological polar surface area (TPSA) is 50.4 Å². The maximum absolute atomic E-state index is 13.5. The number of amides is 1. The highest BCUT2D eigenvalue weighted by atomic mass is 35.5. The summed E-state index contributed by atoms with van der Waals surface area (Å²) in [6.45, 7) is 6.21. The van der Waals surface area contributed by atoms with Crippen LogP contribution in [0, 0.1) is 5.82 Å². The molecule has 1 amide bonds. The summed E-state index contributed by atoms with van der Waals surface area (Å²) in [5.41, 5.74) is 0.271. The molecule has 122 valence electrons. The van der Waals surface area contributed by atoms with E-state index in [9.17, 15) is 9.18 Å². The summed E-state index contributed by atoms with van der Waals surface area (Å²) in [5.74, 6) is -0.355. The van der Waals surface area contributed by atoms with Gasteiger partial charge in [-0.25, -0.2) is 9.18 Å². The van der Waals surface area contributed by atoms with E-state index in [4.69, 9.17) is 16.3 Å². The molecular weight excluding hydrogens is 307 g/mol. The predicted molar refractivity (Wildman–Crippen MR) is 84.5 cm³/mol. The van der Waals surface area contributed by atoms with Gasteiger partial charge < -0.3 is 15.4 Å². The van der Waals surface area contributed by atoms with Crippen LogP contribution in [0.25, 0.3) is 0 Å². The minimum Gasteiger partial charge on any atom is -0.444 e. The van der Waals surface area contributed by atoms with Crippen LogP contribution >= 0.6 is 11.6 Å². The Morgan fingerprint density at radius 2 is 2.14 bits per heavy atom. The van der Waals surface area contributed by atoms with Gasteiger partial charge in [0.25, 0.3) is 0 Å². The Labute approximate surface area is 135 Å². The average Bonchev–Trinajstić information content (AvgIpc) is 2.35. The number of halogens is 2. The normalized spacial score (nSPS) is 22.2. The molecule has 6 heteroatoms. The van der Waals surface area contributed by atoms with Gasteiger partial charge >= 0.3 is 6.09 Å². The average molecular weight is 329 g/mol. The van der Waals surface area contributed by atoms with Gasteiger partial charge in [0, 0.05) is 17.1 Å². The van der Waals surface area contributed by atoms with Crippen molar-refractivity contribution in [3.63, 3.8) is 0 Å². The summed E-state index contributed by atoms with van der Waals surface area (Å²) >= 11 is 5.91. The third kappa shape index (κ3) is 5.14. The van der Waals surface area contributed by atoms with Gasteiger partial charge in [0.15, 0.2) is 0 Å². The molecule has 22 heavy (non-hydrogen) atoms. The van der Waals surface area contributed by atoms with Gasteiger partial charge in [0.2, 0.25) is 0 Å². The molecule has 2 N–H and O–H groups in total. The molecule has 0 aromatic heterocycles. The van der Waals surface area contributed by atoms with E-state index in [-0.39, 0.29) is 17.9 Å². The lowest BCUT2D eigenvalue weighted by molar-refractivity contribution is 0.0490. The van der Waals surface area contributed by atoms with Crippen LogP contribution in [-0.2, 0) is 4.74 Å². The zero-order chi connectivity index (χ0) is 16.3. The number of ether oxygens (including phenoxy) is 1. The number of nitrogens with one attached hydrogen (secondary N) is 2. The molecular formula is C16H22ClFN2O2. The summed E-state index contributed by atoms with van der Waals surface area (Å²) in [6, 6.07) is 4.45. The van der Waals surface area contributed by atoms with Crippen molar-refractivity contribution in [2.75, 3.05) is 6.54 Å². The van der Waals surface area contributed by atoms with Gasteiger partial charge in [-0.15, -0.1) is 0 Å². The Hall–Kier alpha value is -1.33. The van der Waals surface area contributed by atoms with Gasteiger partial charge in [-0.2, -0.15) is 0 Å². The maximum atomic E-state index is 13.5. The fraction of sp³-hybridized carbons (Fsp3) is 0.562. The summed E-state index contributed by atoms with van der Waals surface area (Å²) in [4.78, 5) is 11.8. The summed E-state index contributed by atoms with van der Waals surface area (Å²) in [5, 5.41) is 6.57. The monoisotopic (exact) mass is 328 g/mol. The van der Waals surface area contributed by atoms with Crippen molar-refractivity contribution in [1.82, 2.24) is 10.6 Å². The first-order valence-electron chi connectivity index (χ1n) is 7.42. The maximum Gasteiger partial charge on any atom is 0.407 e. The molecule has 2 atom stereocenters. The molecule has 0 radical (unpaired) electrons. The number of piperidine rings is 1. The first-order valence-corrected chi connectivity index (χ1v) is 7.79. The standard InChI is InChI=1S/C16H22ClFN2O2/c1-16(2,3)22-15(21)20-13-4-5-19-14(9-13)10-6-11(17)8-12(18)7-10/h6-8,13-14,19H,4-5,9H2,1-3H3,(H,20,21). The molecule has 1 fully saturated rings. The van der Waals surface area contributed by atoms with Gasteiger partial charge in [-0.05, 0) is 63.9 Å². The first kappa shape index (κ1) is 17.0. The van der Waals surface area contributed by atoms with E-state index in [1.807, 2.05) is 20.8 Å². The van der Waals surface area contributed by atoms with Crippen LogP contribution in [0.5, 0.6) is 0 Å². The molecule has 1 aliphatic heterocycles. The summed E-state index contributed by atoms with van der Waals surface area (Å²) < 4.78 is 18.7. The largest absolute Gasteiger partial charge is 0.444 e. The highest BCUT2D eigenvalue weighted by Gasteiger charge is 2.26. The fourth-order valence-electron chi connectivity index (χ4n) is 2.55. The fourth-order valence-corrected chi connectivity index (χ4v) is 2.78. The van der Waals surface area contributed by atoms with E-state index in [2.05, 4.69) is 10.6 Å². The SMILES string of the molecule is CC(C)(C)OC(=O)NC1CCNC(c2cc(F)cc(Cl)c2)C1. The van der Waals surface area contributed by atoms with Crippen LogP contribution in [0.1, 0.15) is 45.2 Å². The predicted octanol–water partition coefficient (Wildman–Crippen LogP) is 3.80. The number of hydrogen-bond donors (Lipinski definition) is 2. The minimum absolute atomic E-state index is 0.0110. The zero-order valence-corrected chi connectivity index (χ0v) is 13.8. The second-order valence-corrected chi connectivity index (χ2v) is 7.01. The van der Waals surface area contributed by atoms with Crippen LogP contribution in [-0.4, -0.2) is 24.3 Å². The molecule has 1 aliphatic rings. The minimum atomic E-state index is -0.521. The Kier molecular flexibility index (Phi) is 5.29. The molecule has 1 heterocycles. The second kappa shape index (κ2) is 6.84. The van der Waals surface area contributed by atoms with Crippen molar-refractivity contribution >= 4 is 17.7 Å². The molecule has 0 spiro atoms. The molecule has 0 bridgehead atoms. The Balaban J connectivity index is 1.98. The van der Waals surface area contributed by atoms with E-state index in [0.717, 1.165) is 18.5 Å². The highest BCUT2D eigenvalue weighted by Crippen LogP contribution is 2.26. The lowest BCUT2D eigenvalue weighted by Gasteiger charge is -2.32. The Morgan fingerprint density at radius 1 is 1.41 bits per heavy atom. The third-order valence-electron chi connectivity index (χ3n) is 3.41. The summed E-state index contributed by atoms with van der Waals surface area (Å²) in [6.07, 6.45) is 1.05. The number of carbonyl (C=O) groups is 1. The lowest BCUT2D eigenvalue weighted by atomic mass is 9.94. The second-order valence-electron chi connectivity index (χ2n) is 6.58. The zero-order valence-electron chi connectivity index (χ0n) is 13.1. The molecule has 1 aromatic carbocycles. The number of alkyl carbamates (subject to hydrolysis) is 1. The molecule has 2 unspecified atom stereocenters. The number of rotatable bonds is 2. The van der Waals surface area contributed by atoms with Gasteiger partial charge in [-0.1, -0.05) is 11.6 Å². The van der Waals surface area contributed by atoms with Crippen molar-refractivity contribution in [1.29, 1.82) is 0 Å². The Morgan fingerprint density at radius 3 is 2.77 bits per heavy atom. The van der Waals surface area contributed by atoms with Crippen LogP contribution in [0.3, 0.4) is 0 Å². The number of benzene rings is 1. The number of hydrogen-bond acceptors (Lipinski definition) is 3. The van der Waals surface area contributed by atoms with E-state index >= 15 is 0 Å². The first-order chi connectivity index (χ1) is 10.2. The quantitative estimate of drug-likeness (QED) is 0.868. The highest BCUT2D eigenvalue weighted by molar-refractivity contribution is 6.30. The Bertz CT molecular complexity index is 525. The van der Waals surface area contributed by atoms with E-state index in [1.54, 1.807) is 6.07 Å². The smallest absolute Gasteiger partial charge is 0.407 e. The van der Waals surface area contributed by atoms with Crippen molar-refractivity contribution in [3.05, 3.63) is 34.6 Å². The van der Waals surface area contributed by atoms with E-state index in [0.29, 0.717) is 11.4 Å². The van der Waals surface area contributed by atoms with Gasteiger partial charge in [-0.3, -0.25) is 0 Å². The van der Waals surface area contributed by atoms with E-state index in [1.165, 1.54) is 12.1 Å². The molecule has 1 saturated heterocycles. The molecule has 4 nitrogen and oxygen atoms in total. The molecule has 0 saturated carbocycles. The van der Waals surface area contributed by atoms with Gasteiger partial charge in [0.1, 0.15) is 11.4 Å². The van der Waals surface area contributed by atoms with E-state index < -0.39 is 11.7 Å².